The van der Waals surface area contributed by atoms with Gasteiger partial charge in [0.2, 0.25) is 10.6 Å². The minimum Gasteiger partial charge on any atom is -0.397 e. The molecule has 1 aromatic heterocycles. The Hall–Kier alpha value is -1.54. The number of nitrogens with zero attached hydrogens (tertiary/aromatic N) is 3. The molecule has 0 unspecified atom stereocenters. The summed E-state index contributed by atoms with van der Waals surface area (Å²) >= 11 is 10.7. The van der Waals surface area contributed by atoms with E-state index in [2.05, 4.69) is 5.10 Å². The van der Waals surface area contributed by atoms with Crippen molar-refractivity contribution >= 4 is 29.5 Å². The van der Waals surface area contributed by atoms with Gasteiger partial charge in [0.25, 0.3) is 0 Å². The number of aryl methyl sites for hydroxylation is 1. The second-order valence-electron chi connectivity index (χ2n) is 3.77. The first kappa shape index (κ1) is 13.9. The molecule has 0 amide bonds. The third kappa shape index (κ3) is 2.45. The van der Waals surface area contributed by atoms with Crippen LogP contribution in [0.4, 0.5) is 18.9 Å². The average Bonchev–Trinajstić information content (AvgIpc) is 2.56. The number of halogens is 4. The van der Waals surface area contributed by atoms with E-state index in [1.807, 2.05) is 0 Å². The minimum absolute atomic E-state index is 0.0853. The van der Waals surface area contributed by atoms with Crippen LogP contribution < -0.4 is 5.73 Å². The molecule has 0 aliphatic heterocycles. The van der Waals surface area contributed by atoms with Crippen LogP contribution in [0.2, 0.25) is 5.02 Å². The molecule has 0 atom stereocenters. The number of alkyl halides is 3. The van der Waals surface area contributed by atoms with Gasteiger partial charge in [-0.05, 0) is 30.4 Å². The molecule has 1 heterocycles. The third-order valence-electron chi connectivity index (χ3n) is 2.41. The Balaban J connectivity index is 2.78. The molecule has 0 aliphatic rings. The molecule has 0 saturated heterocycles. The average molecular weight is 309 g/mol. The predicted molar refractivity (Wildman–Crippen MR) is 67.8 cm³/mol. The first-order valence-corrected chi connectivity index (χ1v) is 5.79. The molecule has 19 heavy (non-hydrogen) atoms. The van der Waals surface area contributed by atoms with Crippen LogP contribution in [0, 0.1) is 4.77 Å². The van der Waals surface area contributed by atoms with Gasteiger partial charge in [-0.25, -0.2) is 4.68 Å². The number of nitrogen functional groups attached to an aromatic ring is 1. The largest absolute Gasteiger partial charge is 0.452 e. The van der Waals surface area contributed by atoms with E-state index in [0.717, 1.165) is 9.25 Å². The summed E-state index contributed by atoms with van der Waals surface area (Å²) in [5.41, 5.74) is 5.87. The molecule has 0 radical (unpaired) electrons. The fourth-order valence-electron chi connectivity index (χ4n) is 1.59. The van der Waals surface area contributed by atoms with E-state index in [9.17, 15) is 13.2 Å². The first-order valence-electron chi connectivity index (χ1n) is 5.00. The van der Waals surface area contributed by atoms with Gasteiger partial charge in [0.1, 0.15) is 0 Å². The molecule has 2 rings (SSSR count). The Morgan fingerprint density at radius 3 is 2.53 bits per heavy atom. The zero-order valence-corrected chi connectivity index (χ0v) is 11.1. The predicted octanol–water partition coefficient (Wildman–Crippen LogP) is 3.19. The monoisotopic (exact) mass is 308 g/mol. The topological polar surface area (TPSA) is 48.8 Å². The zero-order valence-electron chi connectivity index (χ0n) is 9.57. The quantitative estimate of drug-likeness (QED) is 0.650. The Morgan fingerprint density at radius 1 is 1.37 bits per heavy atom. The Morgan fingerprint density at radius 2 is 2.00 bits per heavy atom. The molecule has 2 aromatic rings. The summed E-state index contributed by atoms with van der Waals surface area (Å²) in [4.78, 5) is 0. The molecule has 102 valence electrons. The summed E-state index contributed by atoms with van der Waals surface area (Å²) in [5, 5.41) is 3.71. The molecule has 9 heteroatoms. The summed E-state index contributed by atoms with van der Waals surface area (Å²) in [7, 11) is 1.33. The first-order chi connectivity index (χ1) is 8.71. The maximum Gasteiger partial charge on any atom is 0.452 e. The van der Waals surface area contributed by atoms with Crippen LogP contribution in [0.3, 0.4) is 0 Å². The number of anilines is 1. The summed E-state index contributed by atoms with van der Waals surface area (Å²) in [5.74, 6) is -1.13. The van der Waals surface area contributed by atoms with Crippen molar-refractivity contribution in [2.75, 3.05) is 5.73 Å². The van der Waals surface area contributed by atoms with Gasteiger partial charge >= 0.3 is 6.18 Å². The standard InChI is InChI=1S/C10H8ClF3N4S/c1-17-9(19)18(8(16-17)10(12,13)14)7-3-2-5(11)4-6(7)15/h2-4H,15H2,1H3. The number of hydrogen-bond acceptors (Lipinski definition) is 3. The van der Waals surface area contributed by atoms with E-state index < -0.39 is 12.0 Å². The summed E-state index contributed by atoms with van der Waals surface area (Å²) < 4.78 is 40.4. The molecule has 0 bridgehead atoms. The van der Waals surface area contributed by atoms with Crippen LogP contribution in [-0.2, 0) is 13.2 Å². The fraction of sp³-hybridized carbons (Fsp3) is 0.200. The SMILES string of the molecule is Cn1nc(C(F)(F)F)n(-c2ccc(Cl)cc2N)c1=S. The van der Waals surface area contributed by atoms with Gasteiger partial charge in [-0.15, -0.1) is 5.10 Å². The van der Waals surface area contributed by atoms with E-state index in [-0.39, 0.29) is 16.1 Å². The van der Waals surface area contributed by atoms with Crippen molar-refractivity contribution < 1.29 is 13.2 Å². The minimum atomic E-state index is -4.64. The summed E-state index contributed by atoms with van der Waals surface area (Å²) in [6.45, 7) is 0. The molecule has 0 aliphatic carbocycles. The molecular formula is C10H8ClF3N4S. The van der Waals surface area contributed by atoms with Crippen molar-refractivity contribution in [3.63, 3.8) is 0 Å². The lowest BCUT2D eigenvalue weighted by atomic mass is 10.2. The molecule has 0 fully saturated rings. The van der Waals surface area contributed by atoms with E-state index in [1.54, 1.807) is 0 Å². The third-order valence-corrected chi connectivity index (χ3v) is 3.09. The Kier molecular flexibility index (Phi) is 3.31. The van der Waals surface area contributed by atoms with E-state index in [4.69, 9.17) is 29.6 Å². The maximum absolute atomic E-state index is 12.9. The fourth-order valence-corrected chi connectivity index (χ4v) is 2.00. The van der Waals surface area contributed by atoms with E-state index >= 15 is 0 Å². The second-order valence-corrected chi connectivity index (χ2v) is 4.57. The van der Waals surface area contributed by atoms with E-state index in [0.29, 0.717) is 5.02 Å². The normalized spacial score (nSPS) is 11.8. The van der Waals surface area contributed by atoms with Crippen molar-refractivity contribution in [3.05, 3.63) is 33.8 Å². The van der Waals surface area contributed by atoms with Crippen molar-refractivity contribution in [1.82, 2.24) is 14.3 Å². The molecule has 0 spiro atoms. The van der Waals surface area contributed by atoms with Gasteiger partial charge in [-0.2, -0.15) is 13.2 Å². The lowest BCUT2D eigenvalue weighted by molar-refractivity contribution is -0.146. The lowest BCUT2D eigenvalue weighted by Gasteiger charge is -2.11. The molecule has 1 aromatic carbocycles. The summed E-state index contributed by atoms with van der Waals surface area (Å²) in [6, 6.07) is 4.15. The molecule has 2 N–H and O–H groups in total. The van der Waals surface area contributed by atoms with Crippen molar-refractivity contribution in [1.29, 1.82) is 0 Å². The Bertz CT molecular complexity index is 689. The number of benzene rings is 1. The highest BCUT2D eigenvalue weighted by Gasteiger charge is 2.38. The molecule has 0 saturated carbocycles. The lowest BCUT2D eigenvalue weighted by Crippen LogP contribution is -2.15. The number of aromatic nitrogens is 3. The van der Waals surface area contributed by atoms with Gasteiger partial charge in [-0.1, -0.05) is 11.6 Å². The van der Waals surface area contributed by atoms with E-state index in [1.165, 1.54) is 25.2 Å². The number of hydrogen-bond donors (Lipinski definition) is 1. The van der Waals surface area contributed by atoms with Gasteiger partial charge in [0.05, 0.1) is 11.4 Å². The summed E-state index contributed by atoms with van der Waals surface area (Å²) in [6.07, 6.45) is -4.64. The van der Waals surface area contributed by atoms with Crippen LogP contribution in [0.5, 0.6) is 0 Å². The second kappa shape index (κ2) is 4.53. The van der Waals surface area contributed by atoms with Crippen LogP contribution in [0.1, 0.15) is 5.82 Å². The van der Waals surface area contributed by atoms with Crippen molar-refractivity contribution in [2.45, 2.75) is 6.18 Å². The van der Waals surface area contributed by atoms with Gasteiger partial charge < -0.3 is 5.73 Å². The maximum atomic E-state index is 12.9. The molecular weight excluding hydrogens is 301 g/mol. The van der Waals surface area contributed by atoms with Gasteiger partial charge in [0, 0.05) is 12.1 Å². The van der Waals surface area contributed by atoms with Crippen molar-refractivity contribution in [2.24, 2.45) is 7.05 Å². The highest BCUT2D eigenvalue weighted by Crippen LogP contribution is 2.32. The Labute approximate surface area is 116 Å². The van der Waals surface area contributed by atoms with Crippen LogP contribution >= 0.6 is 23.8 Å². The zero-order chi connectivity index (χ0) is 14.4. The van der Waals surface area contributed by atoms with Crippen molar-refractivity contribution in [3.8, 4) is 5.69 Å². The smallest absolute Gasteiger partial charge is 0.397 e. The number of nitrogens with two attached hydrogens (primary N) is 1. The number of rotatable bonds is 1. The highest BCUT2D eigenvalue weighted by molar-refractivity contribution is 7.71. The van der Waals surface area contributed by atoms with Crippen LogP contribution in [0.15, 0.2) is 18.2 Å². The molecule has 4 nitrogen and oxygen atoms in total. The van der Waals surface area contributed by atoms with Gasteiger partial charge in [0.15, 0.2) is 0 Å². The van der Waals surface area contributed by atoms with Gasteiger partial charge in [-0.3, -0.25) is 4.57 Å². The van der Waals surface area contributed by atoms with Crippen LogP contribution in [0.25, 0.3) is 5.69 Å². The highest BCUT2D eigenvalue weighted by atomic mass is 35.5. The van der Waals surface area contributed by atoms with Crippen LogP contribution in [-0.4, -0.2) is 14.3 Å².